The van der Waals surface area contributed by atoms with E-state index in [0.717, 1.165) is 32.1 Å². The topological polar surface area (TPSA) is 92.7 Å². The van der Waals surface area contributed by atoms with Crippen LogP contribution in [0.4, 0.5) is 8.78 Å². The summed E-state index contributed by atoms with van der Waals surface area (Å²) in [4.78, 5) is 12.0. The number of carbonyl (C=O) groups is 1. The molecule has 0 N–H and O–H groups in total. The van der Waals surface area contributed by atoms with Crippen LogP contribution in [0, 0.1) is 0 Å². The number of alkyl halides is 2. The van der Waals surface area contributed by atoms with Gasteiger partial charge in [0.25, 0.3) is 0 Å². The molecule has 0 saturated heterocycles. The lowest BCUT2D eigenvalue weighted by Crippen LogP contribution is -2.35. The largest absolute Gasteiger partial charge is 0.743 e. The van der Waals surface area contributed by atoms with Gasteiger partial charge in [0.1, 0.15) is 12.2 Å². The van der Waals surface area contributed by atoms with E-state index in [1.165, 1.54) is 0 Å². The van der Waals surface area contributed by atoms with Crippen molar-refractivity contribution in [2.75, 3.05) is 13.2 Å². The smallest absolute Gasteiger partial charge is 0.357 e. The predicted molar refractivity (Wildman–Crippen MR) is 81.4 cm³/mol. The summed E-state index contributed by atoms with van der Waals surface area (Å²) in [6, 6.07) is 0. The summed E-state index contributed by atoms with van der Waals surface area (Å²) in [5.74, 6) is -0.772. The Labute approximate surface area is 141 Å². The maximum absolute atomic E-state index is 12.9. The fourth-order valence-corrected chi connectivity index (χ4v) is 2.70. The minimum absolute atomic E-state index is 0.211. The van der Waals surface area contributed by atoms with Gasteiger partial charge >= 0.3 is 11.2 Å². The van der Waals surface area contributed by atoms with E-state index in [2.05, 4.69) is 11.3 Å². The number of halogens is 2. The van der Waals surface area contributed by atoms with E-state index in [9.17, 15) is 26.5 Å². The fourth-order valence-electron chi connectivity index (χ4n) is 2.48. The Kier molecular flexibility index (Phi) is 7.30. The van der Waals surface area contributed by atoms with Gasteiger partial charge in [0.05, 0.1) is 12.2 Å². The number of hydrogen-bond donors (Lipinski definition) is 0. The summed E-state index contributed by atoms with van der Waals surface area (Å²) in [5, 5.41) is -4.55. The lowest BCUT2D eigenvalue weighted by atomic mass is 9.88. The van der Waals surface area contributed by atoms with Crippen molar-refractivity contribution in [3.63, 3.8) is 0 Å². The summed E-state index contributed by atoms with van der Waals surface area (Å²) in [5.41, 5.74) is -0.847. The Morgan fingerprint density at radius 3 is 2.21 bits per heavy atom. The molecule has 0 aromatic rings. The van der Waals surface area contributed by atoms with Gasteiger partial charge in [0.2, 0.25) is 0 Å². The minimum atomic E-state index is -5.81. The lowest BCUT2D eigenvalue weighted by molar-refractivity contribution is -0.156. The molecule has 6 nitrogen and oxygen atoms in total. The molecule has 1 aliphatic carbocycles. The van der Waals surface area contributed by atoms with Gasteiger partial charge in [-0.2, -0.15) is 8.78 Å². The Morgan fingerprint density at radius 1 is 1.21 bits per heavy atom. The number of carbonyl (C=O) groups excluding carboxylic acids is 1. The number of esters is 1. The minimum Gasteiger partial charge on any atom is -0.743 e. The average molecular weight is 369 g/mol. The van der Waals surface area contributed by atoms with E-state index >= 15 is 0 Å². The summed E-state index contributed by atoms with van der Waals surface area (Å²) < 4.78 is 66.7. The standard InChI is InChI=1S/C15H24F2O6S/c1-12(10-22-11-15(16,17)24(19,20)21)13(18)23-14(2)8-6-4-3-5-7-9-14/h1,3-11H2,2H3,(H,19,20,21)/p-1. The van der Waals surface area contributed by atoms with Crippen molar-refractivity contribution in [3.8, 4) is 0 Å². The molecule has 0 heterocycles. The molecule has 0 aromatic carbocycles. The maximum atomic E-state index is 12.9. The van der Waals surface area contributed by atoms with Gasteiger partial charge < -0.3 is 14.0 Å². The van der Waals surface area contributed by atoms with Crippen molar-refractivity contribution >= 4 is 16.1 Å². The summed E-state index contributed by atoms with van der Waals surface area (Å²) in [7, 11) is -5.81. The first kappa shape index (κ1) is 21.0. The summed E-state index contributed by atoms with van der Waals surface area (Å²) >= 11 is 0. The van der Waals surface area contributed by atoms with Crippen LogP contribution in [0.3, 0.4) is 0 Å². The molecule has 0 spiro atoms. The molecule has 1 aliphatic rings. The van der Waals surface area contributed by atoms with Crippen LogP contribution < -0.4 is 0 Å². The molecule has 0 aromatic heterocycles. The van der Waals surface area contributed by atoms with E-state index in [0.29, 0.717) is 12.8 Å². The highest BCUT2D eigenvalue weighted by Crippen LogP contribution is 2.30. The molecule has 0 radical (unpaired) electrons. The number of ether oxygens (including phenoxy) is 2. The van der Waals surface area contributed by atoms with Gasteiger partial charge in [0, 0.05) is 0 Å². The monoisotopic (exact) mass is 369 g/mol. The van der Waals surface area contributed by atoms with Crippen LogP contribution in [0.1, 0.15) is 51.9 Å². The molecule has 0 bridgehead atoms. The molecule has 9 heteroatoms. The zero-order chi connectivity index (χ0) is 18.4. The van der Waals surface area contributed by atoms with E-state index in [4.69, 9.17) is 4.74 Å². The van der Waals surface area contributed by atoms with Gasteiger partial charge in [-0.3, -0.25) is 0 Å². The highest BCUT2D eigenvalue weighted by molar-refractivity contribution is 7.86. The number of rotatable bonds is 7. The fraction of sp³-hybridized carbons (Fsp3) is 0.800. The second-order valence-corrected chi connectivity index (χ2v) is 7.80. The molecule has 1 fully saturated rings. The Bertz CT molecular complexity index is 550. The molecule has 0 amide bonds. The number of hydrogen-bond acceptors (Lipinski definition) is 6. The zero-order valence-corrected chi connectivity index (χ0v) is 14.5. The van der Waals surface area contributed by atoms with Crippen molar-refractivity contribution < 1.29 is 36.0 Å². The third-order valence-electron chi connectivity index (χ3n) is 3.95. The van der Waals surface area contributed by atoms with Crippen molar-refractivity contribution in [3.05, 3.63) is 12.2 Å². The molecular weight excluding hydrogens is 346 g/mol. The Morgan fingerprint density at radius 2 is 1.71 bits per heavy atom. The van der Waals surface area contributed by atoms with Crippen molar-refractivity contribution in [2.45, 2.75) is 62.7 Å². The third kappa shape index (κ3) is 6.45. The molecule has 0 aliphatic heterocycles. The average Bonchev–Trinajstić information content (AvgIpc) is 2.42. The van der Waals surface area contributed by atoms with Gasteiger partial charge in [-0.1, -0.05) is 25.8 Å². The van der Waals surface area contributed by atoms with Crippen LogP contribution >= 0.6 is 0 Å². The Balaban J connectivity index is 2.48. The van der Waals surface area contributed by atoms with Crippen molar-refractivity contribution in [1.29, 1.82) is 0 Å². The Hall–Kier alpha value is -1.06. The van der Waals surface area contributed by atoms with Crippen LogP contribution in [0.25, 0.3) is 0 Å². The van der Waals surface area contributed by atoms with Crippen molar-refractivity contribution in [2.24, 2.45) is 0 Å². The highest BCUT2D eigenvalue weighted by Gasteiger charge is 2.38. The third-order valence-corrected chi connectivity index (χ3v) is 4.80. The van der Waals surface area contributed by atoms with E-state index in [1.54, 1.807) is 0 Å². The van der Waals surface area contributed by atoms with Gasteiger partial charge in [0.15, 0.2) is 10.1 Å². The van der Waals surface area contributed by atoms with E-state index in [1.807, 2.05) is 6.92 Å². The highest BCUT2D eigenvalue weighted by atomic mass is 32.2. The van der Waals surface area contributed by atoms with Crippen LogP contribution in [0.15, 0.2) is 12.2 Å². The molecular formula is C15H23F2O6S-. The quantitative estimate of drug-likeness (QED) is 0.389. The molecule has 0 unspecified atom stereocenters. The first-order chi connectivity index (χ1) is 11.0. The van der Waals surface area contributed by atoms with Crippen molar-refractivity contribution in [1.82, 2.24) is 0 Å². The second kappa shape index (κ2) is 8.35. The van der Waals surface area contributed by atoms with Gasteiger partial charge in [-0.15, -0.1) is 0 Å². The maximum Gasteiger partial charge on any atom is 0.357 e. The SMILES string of the molecule is C=C(COCC(F)(F)S(=O)(=O)[O-])C(=O)OC1(C)CCCCCCC1. The van der Waals surface area contributed by atoms with Gasteiger partial charge in [-0.05, 0) is 32.6 Å². The predicted octanol–water partition coefficient (Wildman–Crippen LogP) is 2.74. The van der Waals surface area contributed by atoms with Crippen LogP contribution in [0.5, 0.6) is 0 Å². The molecule has 1 rings (SSSR count). The van der Waals surface area contributed by atoms with Gasteiger partial charge in [-0.25, -0.2) is 13.2 Å². The van der Waals surface area contributed by atoms with Crippen LogP contribution in [0.2, 0.25) is 0 Å². The summed E-state index contributed by atoms with van der Waals surface area (Å²) in [6.45, 7) is 2.95. The lowest BCUT2D eigenvalue weighted by Gasteiger charge is -2.31. The first-order valence-corrected chi connectivity index (χ1v) is 9.20. The summed E-state index contributed by atoms with van der Waals surface area (Å²) in [6.07, 6.45) is 6.56. The normalized spacial score (nSPS) is 19.2. The molecule has 140 valence electrons. The van der Waals surface area contributed by atoms with Crippen LogP contribution in [-0.4, -0.2) is 43.0 Å². The molecule has 24 heavy (non-hydrogen) atoms. The molecule has 1 saturated carbocycles. The van der Waals surface area contributed by atoms with Crippen LogP contribution in [-0.2, 0) is 24.4 Å². The second-order valence-electron chi connectivity index (χ2n) is 6.30. The van der Waals surface area contributed by atoms with E-state index < -0.39 is 40.2 Å². The van der Waals surface area contributed by atoms with E-state index in [-0.39, 0.29) is 5.57 Å². The molecule has 0 atom stereocenters. The first-order valence-electron chi connectivity index (χ1n) is 7.79. The zero-order valence-electron chi connectivity index (χ0n) is 13.7.